The van der Waals surface area contributed by atoms with Crippen molar-refractivity contribution >= 4 is 17.8 Å². The van der Waals surface area contributed by atoms with Crippen molar-refractivity contribution < 1.29 is 23.9 Å². The monoisotopic (exact) mass is 381 g/mol. The third-order valence-electron chi connectivity index (χ3n) is 3.76. The van der Waals surface area contributed by atoms with E-state index in [2.05, 4.69) is 5.32 Å². The Morgan fingerprint density at radius 2 is 1.50 bits per heavy atom. The van der Waals surface area contributed by atoms with Crippen molar-refractivity contribution in [2.45, 2.75) is 26.0 Å². The lowest BCUT2D eigenvalue weighted by Crippen LogP contribution is -2.42. The van der Waals surface area contributed by atoms with Gasteiger partial charge in [-0.25, -0.2) is 9.59 Å². The van der Waals surface area contributed by atoms with Gasteiger partial charge in [-0.2, -0.15) is 0 Å². The number of nitrogens with one attached hydrogen (secondary N) is 1. The third kappa shape index (κ3) is 7.45. The van der Waals surface area contributed by atoms with Crippen molar-refractivity contribution in [2.24, 2.45) is 0 Å². The molecular formula is C22H23NO5. The van der Waals surface area contributed by atoms with E-state index in [1.54, 1.807) is 6.92 Å². The molecule has 6 heteroatoms. The molecule has 1 N–H and O–H groups in total. The fraction of sp³-hybridized carbons (Fsp3) is 0.227. The minimum Gasteiger partial charge on any atom is -0.463 e. The largest absolute Gasteiger partial charge is 0.463 e. The molecule has 146 valence electrons. The molecule has 0 spiro atoms. The van der Waals surface area contributed by atoms with Crippen LogP contribution in [0.4, 0.5) is 0 Å². The summed E-state index contributed by atoms with van der Waals surface area (Å²) in [6.07, 6.45) is 2.33. The van der Waals surface area contributed by atoms with Crippen LogP contribution in [0.5, 0.6) is 0 Å². The molecule has 0 aliphatic rings. The van der Waals surface area contributed by atoms with Crippen molar-refractivity contribution in [1.29, 1.82) is 0 Å². The summed E-state index contributed by atoms with van der Waals surface area (Å²) in [6, 6.07) is 17.7. The average Bonchev–Trinajstić information content (AvgIpc) is 2.72. The fourth-order valence-corrected chi connectivity index (χ4v) is 2.43. The van der Waals surface area contributed by atoms with Crippen molar-refractivity contribution in [2.75, 3.05) is 6.61 Å². The summed E-state index contributed by atoms with van der Waals surface area (Å²) < 4.78 is 10.1. The van der Waals surface area contributed by atoms with Crippen LogP contribution in [0, 0.1) is 0 Å². The minimum absolute atomic E-state index is 0.111. The summed E-state index contributed by atoms with van der Waals surface area (Å²) in [5.74, 6) is -1.75. The molecule has 0 saturated heterocycles. The standard InChI is InChI=1S/C22H23NO5/c1-2-27-21(25)14-13-20(24)23-19(15-17-9-5-3-6-10-17)22(26)28-16-18-11-7-4-8-12-18/h3-14,19H,2,15-16H2,1H3,(H,23,24)/b14-13-/t19-/m0/s1. The van der Waals surface area contributed by atoms with Gasteiger partial charge in [-0.15, -0.1) is 0 Å². The maximum atomic E-state index is 12.5. The highest BCUT2D eigenvalue weighted by atomic mass is 16.5. The second-order valence-electron chi connectivity index (χ2n) is 5.93. The van der Waals surface area contributed by atoms with Gasteiger partial charge in [0, 0.05) is 18.6 Å². The Labute approximate surface area is 164 Å². The van der Waals surface area contributed by atoms with Gasteiger partial charge in [-0.1, -0.05) is 60.7 Å². The summed E-state index contributed by atoms with van der Waals surface area (Å²) in [7, 11) is 0. The number of carbonyl (C=O) groups is 3. The van der Waals surface area contributed by atoms with Crippen LogP contribution >= 0.6 is 0 Å². The Hall–Kier alpha value is -3.41. The predicted octanol–water partition coefficient (Wildman–Crippen LogP) is 2.58. The smallest absolute Gasteiger partial charge is 0.330 e. The predicted molar refractivity (Wildman–Crippen MR) is 104 cm³/mol. The first-order valence-electron chi connectivity index (χ1n) is 8.98. The van der Waals surface area contributed by atoms with Crippen molar-refractivity contribution in [3.8, 4) is 0 Å². The quantitative estimate of drug-likeness (QED) is 0.533. The van der Waals surface area contributed by atoms with Gasteiger partial charge in [0.05, 0.1) is 6.61 Å². The van der Waals surface area contributed by atoms with Crippen LogP contribution in [-0.4, -0.2) is 30.5 Å². The SMILES string of the molecule is CCOC(=O)/C=C\C(=O)N[C@@H](Cc1ccccc1)C(=O)OCc1ccccc1. The molecule has 0 radical (unpaired) electrons. The summed E-state index contributed by atoms with van der Waals surface area (Å²) in [6.45, 7) is 2.00. The van der Waals surface area contributed by atoms with E-state index in [-0.39, 0.29) is 19.6 Å². The second-order valence-corrected chi connectivity index (χ2v) is 5.93. The topological polar surface area (TPSA) is 81.7 Å². The number of rotatable bonds is 9. The minimum atomic E-state index is -0.884. The highest BCUT2D eigenvalue weighted by molar-refractivity contribution is 5.96. The molecular weight excluding hydrogens is 358 g/mol. The van der Waals surface area contributed by atoms with E-state index in [1.165, 1.54) is 0 Å². The molecule has 0 fully saturated rings. The van der Waals surface area contributed by atoms with E-state index in [4.69, 9.17) is 9.47 Å². The van der Waals surface area contributed by atoms with E-state index in [0.29, 0.717) is 0 Å². The Balaban J connectivity index is 2.02. The first-order chi connectivity index (χ1) is 13.6. The molecule has 1 amide bonds. The fourth-order valence-electron chi connectivity index (χ4n) is 2.43. The van der Waals surface area contributed by atoms with Crippen LogP contribution in [0.25, 0.3) is 0 Å². The molecule has 2 aromatic carbocycles. The third-order valence-corrected chi connectivity index (χ3v) is 3.76. The number of ether oxygens (including phenoxy) is 2. The first kappa shape index (κ1) is 20.9. The van der Waals surface area contributed by atoms with Crippen LogP contribution in [0.1, 0.15) is 18.1 Å². The van der Waals surface area contributed by atoms with Gasteiger partial charge in [-0.3, -0.25) is 4.79 Å². The van der Waals surface area contributed by atoms with E-state index in [1.807, 2.05) is 60.7 Å². The van der Waals surface area contributed by atoms with Gasteiger partial charge in [0.15, 0.2) is 0 Å². The van der Waals surface area contributed by atoms with Gasteiger partial charge in [0.2, 0.25) is 5.91 Å². The number of hydrogen-bond donors (Lipinski definition) is 1. The van der Waals surface area contributed by atoms with Crippen LogP contribution in [0.15, 0.2) is 72.8 Å². The van der Waals surface area contributed by atoms with E-state index < -0.39 is 23.9 Å². The van der Waals surface area contributed by atoms with Gasteiger partial charge < -0.3 is 14.8 Å². The van der Waals surface area contributed by atoms with Crippen molar-refractivity contribution in [3.05, 3.63) is 83.9 Å². The van der Waals surface area contributed by atoms with Gasteiger partial charge >= 0.3 is 11.9 Å². The molecule has 1 atom stereocenters. The number of esters is 2. The Morgan fingerprint density at radius 1 is 0.893 bits per heavy atom. The lowest BCUT2D eigenvalue weighted by atomic mass is 10.1. The maximum Gasteiger partial charge on any atom is 0.330 e. The van der Waals surface area contributed by atoms with E-state index in [9.17, 15) is 14.4 Å². The first-order valence-corrected chi connectivity index (χ1v) is 8.98. The molecule has 6 nitrogen and oxygen atoms in total. The Morgan fingerprint density at radius 3 is 2.11 bits per heavy atom. The van der Waals surface area contributed by atoms with Crippen LogP contribution in [0.3, 0.4) is 0 Å². The Bertz CT molecular complexity index is 802. The lowest BCUT2D eigenvalue weighted by molar-refractivity contribution is -0.148. The van der Waals surface area contributed by atoms with Crippen LogP contribution in [-0.2, 0) is 36.9 Å². The molecule has 0 bridgehead atoms. The summed E-state index contributed by atoms with van der Waals surface area (Å²) in [4.78, 5) is 36.0. The molecule has 0 saturated carbocycles. The maximum absolute atomic E-state index is 12.5. The normalized spacial score (nSPS) is 11.6. The van der Waals surface area contributed by atoms with Crippen LogP contribution < -0.4 is 5.32 Å². The molecule has 2 aromatic rings. The molecule has 0 unspecified atom stereocenters. The molecule has 28 heavy (non-hydrogen) atoms. The zero-order valence-electron chi connectivity index (χ0n) is 15.7. The number of amides is 1. The molecule has 0 aliphatic carbocycles. The molecule has 0 heterocycles. The second kappa shape index (κ2) is 11.3. The van der Waals surface area contributed by atoms with Gasteiger partial charge in [0.1, 0.15) is 12.6 Å². The summed E-state index contributed by atoms with van der Waals surface area (Å²) in [5, 5.41) is 2.59. The highest BCUT2D eigenvalue weighted by Gasteiger charge is 2.22. The Kier molecular flexibility index (Phi) is 8.46. The van der Waals surface area contributed by atoms with Gasteiger partial charge in [-0.05, 0) is 18.1 Å². The highest BCUT2D eigenvalue weighted by Crippen LogP contribution is 2.07. The molecule has 0 aliphatic heterocycles. The van der Waals surface area contributed by atoms with Crippen molar-refractivity contribution in [1.82, 2.24) is 5.32 Å². The zero-order valence-corrected chi connectivity index (χ0v) is 15.7. The number of benzene rings is 2. The molecule has 0 aromatic heterocycles. The zero-order chi connectivity index (χ0) is 20.2. The van der Waals surface area contributed by atoms with E-state index >= 15 is 0 Å². The van der Waals surface area contributed by atoms with Crippen LogP contribution in [0.2, 0.25) is 0 Å². The number of hydrogen-bond acceptors (Lipinski definition) is 5. The number of carbonyl (C=O) groups excluding carboxylic acids is 3. The average molecular weight is 381 g/mol. The summed E-state index contributed by atoms with van der Waals surface area (Å²) in [5.41, 5.74) is 1.72. The van der Waals surface area contributed by atoms with Gasteiger partial charge in [0.25, 0.3) is 0 Å². The van der Waals surface area contributed by atoms with Crippen molar-refractivity contribution in [3.63, 3.8) is 0 Å². The lowest BCUT2D eigenvalue weighted by Gasteiger charge is -2.17. The van der Waals surface area contributed by atoms with E-state index in [0.717, 1.165) is 23.3 Å². The molecule has 2 rings (SSSR count). The summed E-state index contributed by atoms with van der Waals surface area (Å²) >= 11 is 0.